The highest BCUT2D eigenvalue weighted by Gasteiger charge is 2.20. The van der Waals surface area contributed by atoms with Gasteiger partial charge in [-0.15, -0.1) is 0 Å². The molecule has 7 nitrogen and oxygen atoms in total. The predicted molar refractivity (Wildman–Crippen MR) is 77.2 cm³/mol. The molecule has 21 heavy (non-hydrogen) atoms. The average Bonchev–Trinajstić information content (AvgIpc) is 2.88. The molecule has 114 valence electrons. The zero-order chi connectivity index (χ0) is 15.7. The third kappa shape index (κ3) is 3.82. The van der Waals surface area contributed by atoms with E-state index in [1.807, 2.05) is 0 Å². The third-order valence-corrected chi connectivity index (χ3v) is 5.63. The van der Waals surface area contributed by atoms with Crippen molar-refractivity contribution in [2.45, 2.75) is 16.3 Å². The van der Waals surface area contributed by atoms with Crippen molar-refractivity contribution in [3.05, 3.63) is 41.2 Å². The zero-order valence-corrected chi connectivity index (χ0v) is 13.3. The second-order valence-corrected chi connectivity index (χ2v) is 8.45. The summed E-state index contributed by atoms with van der Waals surface area (Å²) in [4.78, 5) is -0.397. The molecule has 10 heteroatoms. The van der Waals surface area contributed by atoms with Gasteiger partial charge < -0.3 is 0 Å². The first kappa shape index (κ1) is 16.0. The Morgan fingerprint density at radius 3 is 2.57 bits per heavy atom. The number of aromatic nitrogens is 2. The second kappa shape index (κ2) is 5.76. The van der Waals surface area contributed by atoms with Gasteiger partial charge in [-0.3, -0.25) is 5.10 Å². The summed E-state index contributed by atoms with van der Waals surface area (Å²) in [7, 11) is -7.46. The Bertz CT molecular complexity index is 846. The van der Waals surface area contributed by atoms with Crippen LogP contribution >= 0.6 is 11.6 Å². The second-order valence-electron chi connectivity index (χ2n) is 4.30. The fraction of sp³-hybridized carbons (Fsp3) is 0.182. The quantitative estimate of drug-likeness (QED) is 0.835. The summed E-state index contributed by atoms with van der Waals surface area (Å²) >= 11 is 5.86. The first-order chi connectivity index (χ1) is 9.70. The number of H-pyrrole nitrogens is 1. The number of nitrogens with zero attached hydrogens (tertiary/aromatic N) is 1. The van der Waals surface area contributed by atoms with Gasteiger partial charge in [0.05, 0.1) is 16.1 Å². The van der Waals surface area contributed by atoms with E-state index < -0.39 is 19.9 Å². The molecule has 2 rings (SSSR count). The summed E-state index contributed by atoms with van der Waals surface area (Å²) in [5, 5.41) is 6.20. The van der Waals surface area contributed by atoms with Crippen LogP contribution in [0.4, 0.5) is 0 Å². The Morgan fingerprint density at radius 2 is 2.00 bits per heavy atom. The van der Waals surface area contributed by atoms with Crippen LogP contribution in [-0.2, 0) is 26.4 Å². The molecule has 1 aromatic carbocycles. The molecule has 2 aromatic rings. The lowest BCUT2D eigenvalue weighted by Gasteiger charge is -2.09. The highest BCUT2D eigenvalue weighted by molar-refractivity contribution is 7.91. The van der Waals surface area contributed by atoms with Crippen molar-refractivity contribution in [1.82, 2.24) is 14.9 Å². The molecular formula is C11H12ClN3O4S2. The minimum Gasteiger partial charge on any atom is -0.285 e. The molecule has 0 aliphatic carbocycles. The Balaban J connectivity index is 2.35. The number of halogens is 1. The molecule has 0 aliphatic rings. The molecule has 1 aromatic heterocycles. The Kier molecular flexibility index (Phi) is 4.38. The van der Waals surface area contributed by atoms with E-state index in [9.17, 15) is 16.8 Å². The van der Waals surface area contributed by atoms with E-state index in [1.165, 1.54) is 24.5 Å². The van der Waals surface area contributed by atoms with Crippen molar-refractivity contribution < 1.29 is 16.8 Å². The monoisotopic (exact) mass is 349 g/mol. The van der Waals surface area contributed by atoms with E-state index in [-0.39, 0.29) is 21.4 Å². The molecule has 0 bridgehead atoms. The highest BCUT2D eigenvalue weighted by atomic mass is 35.5. The minimum atomic E-state index is -3.94. The number of rotatable bonds is 5. The molecule has 0 aliphatic heterocycles. The molecule has 0 saturated heterocycles. The van der Waals surface area contributed by atoms with Crippen molar-refractivity contribution in [2.24, 2.45) is 0 Å². The van der Waals surface area contributed by atoms with E-state index in [4.69, 9.17) is 11.6 Å². The lowest BCUT2D eigenvalue weighted by Crippen LogP contribution is -2.23. The van der Waals surface area contributed by atoms with Crippen LogP contribution in [0.3, 0.4) is 0 Å². The molecule has 0 amide bonds. The molecule has 0 saturated carbocycles. The van der Waals surface area contributed by atoms with Crippen LogP contribution in [0.2, 0.25) is 5.02 Å². The van der Waals surface area contributed by atoms with Gasteiger partial charge in [0.2, 0.25) is 10.0 Å². The number of benzene rings is 1. The highest BCUT2D eigenvalue weighted by Crippen LogP contribution is 2.24. The lowest BCUT2D eigenvalue weighted by atomic mass is 10.4. The smallest absolute Gasteiger partial charge is 0.242 e. The SMILES string of the molecule is CS(=O)(=O)c1ccc(Cl)c(S(=O)(=O)NCc2cn[nH]c2)c1. The first-order valence-electron chi connectivity index (χ1n) is 5.67. The summed E-state index contributed by atoms with van der Waals surface area (Å²) in [5.41, 5.74) is 0.633. The van der Waals surface area contributed by atoms with Crippen LogP contribution in [0.15, 0.2) is 40.4 Å². The van der Waals surface area contributed by atoms with Crippen molar-refractivity contribution >= 4 is 31.5 Å². The van der Waals surface area contributed by atoms with Crippen molar-refractivity contribution in [3.63, 3.8) is 0 Å². The third-order valence-electron chi connectivity index (χ3n) is 2.64. The standard InChI is InChI=1S/C11H12ClN3O4S2/c1-20(16,17)9-2-3-10(12)11(4-9)21(18,19)15-7-8-5-13-14-6-8/h2-6,15H,7H2,1H3,(H,13,14). The van der Waals surface area contributed by atoms with E-state index >= 15 is 0 Å². The van der Waals surface area contributed by atoms with Crippen LogP contribution in [-0.4, -0.2) is 33.3 Å². The summed E-state index contributed by atoms with van der Waals surface area (Å²) in [6.07, 6.45) is 4.00. The number of sulfonamides is 1. The summed E-state index contributed by atoms with van der Waals surface area (Å²) in [5.74, 6) is 0. The van der Waals surface area contributed by atoms with Crippen LogP contribution in [0.5, 0.6) is 0 Å². The van der Waals surface area contributed by atoms with Gasteiger partial charge in [0.1, 0.15) is 4.90 Å². The van der Waals surface area contributed by atoms with Gasteiger partial charge in [0.25, 0.3) is 0 Å². The number of sulfone groups is 1. The number of hydrogen-bond acceptors (Lipinski definition) is 5. The molecule has 0 radical (unpaired) electrons. The van der Waals surface area contributed by atoms with Crippen molar-refractivity contribution in [1.29, 1.82) is 0 Å². The van der Waals surface area contributed by atoms with Crippen LogP contribution in [0.25, 0.3) is 0 Å². The summed E-state index contributed by atoms with van der Waals surface area (Å²) in [6.45, 7) is 0.0122. The van der Waals surface area contributed by atoms with E-state index in [1.54, 1.807) is 0 Å². The maximum absolute atomic E-state index is 12.2. The zero-order valence-electron chi connectivity index (χ0n) is 10.9. The molecular weight excluding hydrogens is 338 g/mol. The van der Waals surface area contributed by atoms with Gasteiger partial charge >= 0.3 is 0 Å². The van der Waals surface area contributed by atoms with Crippen LogP contribution < -0.4 is 4.72 Å². The Labute approximate surface area is 127 Å². The van der Waals surface area contributed by atoms with Gasteiger partial charge in [-0.05, 0) is 18.2 Å². The maximum atomic E-state index is 12.2. The molecule has 1 heterocycles. The lowest BCUT2D eigenvalue weighted by molar-refractivity contribution is 0.581. The van der Waals surface area contributed by atoms with E-state index in [0.29, 0.717) is 5.56 Å². The van der Waals surface area contributed by atoms with Gasteiger partial charge in [-0.25, -0.2) is 21.6 Å². The first-order valence-corrected chi connectivity index (χ1v) is 9.42. The molecule has 0 unspecified atom stereocenters. The van der Waals surface area contributed by atoms with Crippen LogP contribution in [0.1, 0.15) is 5.56 Å². The number of aromatic amines is 1. The maximum Gasteiger partial charge on any atom is 0.242 e. The van der Waals surface area contributed by atoms with E-state index in [2.05, 4.69) is 14.9 Å². The number of hydrogen-bond donors (Lipinski definition) is 2. The van der Waals surface area contributed by atoms with Crippen molar-refractivity contribution in [2.75, 3.05) is 6.26 Å². The topological polar surface area (TPSA) is 109 Å². The fourth-order valence-corrected chi connectivity index (χ4v) is 3.81. The van der Waals surface area contributed by atoms with Gasteiger partial charge in [-0.1, -0.05) is 11.6 Å². The van der Waals surface area contributed by atoms with Crippen LogP contribution in [0, 0.1) is 0 Å². The summed E-state index contributed by atoms with van der Waals surface area (Å²) in [6, 6.07) is 3.53. The van der Waals surface area contributed by atoms with Gasteiger partial charge in [0, 0.05) is 24.6 Å². The largest absolute Gasteiger partial charge is 0.285 e. The summed E-state index contributed by atoms with van der Waals surface area (Å²) < 4.78 is 49.7. The van der Waals surface area contributed by atoms with E-state index in [0.717, 1.165) is 12.3 Å². The van der Waals surface area contributed by atoms with Crippen molar-refractivity contribution in [3.8, 4) is 0 Å². The molecule has 0 spiro atoms. The average molecular weight is 350 g/mol. The fourth-order valence-electron chi connectivity index (χ4n) is 1.55. The predicted octanol–water partition coefficient (Wildman–Crippen LogP) is 0.945. The Morgan fingerprint density at radius 1 is 1.29 bits per heavy atom. The molecule has 0 fully saturated rings. The minimum absolute atomic E-state index is 0.0122. The molecule has 0 atom stereocenters. The Hall–Kier alpha value is -1.42. The van der Waals surface area contributed by atoms with Gasteiger partial charge in [-0.2, -0.15) is 5.10 Å². The molecule has 2 N–H and O–H groups in total. The normalized spacial score (nSPS) is 12.5. The number of nitrogens with one attached hydrogen (secondary N) is 2. The van der Waals surface area contributed by atoms with Gasteiger partial charge in [0.15, 0.2) is 9.84 Å².